The molecule has 69 heavy (non-hydrogen) atoms. The number of aromatic nitrogens is 1. The zero-order chi connectivity index (χ0) is 48.4. The lowest BCUT2D eigenvalue weighted by atomic mass is 9.43. The largest absolute Gasteiger partial charge is 0.376 e. The van der Waals surface area contributed by atoms with Crippen molar-refractivity contribution in [1.82, 2.24) is 4.57 Å². The van der Waals surface area contributed by atoms with E-state index in [1.807, 2.05) is 11.3 Å². The smallest absolute Gasteiger partial charge is 0.333 e. The molecular weight excluding hydrogens is 852 g/mol. The summed E-state index contributed by atoms with van der Waals surface area (Å²) < 4.78 is 5.44. The van der Waals surface area contributed by atoms with Crippen LogP contribution in [-0.2, 0) is 32.5 Å². The molecule has 4 heteroatoms. The van der Waals surface area contributed by atoms with E-state index in [1.165, 1.54) is 138 Å². The third kappa shape index (κ3) is 5.79. The Morgan fingerprint density at radius 2 is 1.10 bits per heavy atom. The van der Waals surface area contributed by atoms with Gasteiger partial charge in [-0.15, -0.1) is 11.3 Å². The summed E-state index contributed by atoms with van der Waals surface area (Å²) in [6.07, 6.45) is 2.41. The van der Waals surface area contributed by atoms with Crippen molar-refractivity contribution in [3.63, 3.8) is 0 Å². The zero-order valence-corrected chi connectivity index (χ0v) is 44.5. The number of benzene rings is 7. The first-order chi connectivity index (χ1) is 32.4. The van der Waals surface area contributed by atoms with Gasteiger partial charge < -0.3 is 9.38 Å². The summed E-state index contributed by atoms with van der Waals surface area (Å²) in [5, 5.41) is 5.53. The standard InChI is InChI=1S/C65H67BN2S/c1-60(2,3)36-20-24-39(25-21-36)68-52-34-42-41-32-47-48(64(12,13)29-28-63(47,10)11)35-46(41)65(14,15)45(42)33-44(52)54-55-40-18-16-17-19-53(40)69-59(55)56-43-30-37(61(4,5)6)22-26-50(43)67-51-27-23-38(62(7,8)9)31-49(51)66(68)57(54)58(56)67/h16-27,30-35H,28-29H2,1-15H3. The molecule has 346 valence electrons. The van der Waals surface area contributed by atoms with Crippen LogP contribution in [0.4, 0.5) is 11.4 Å². The monoisotopic (exact) mass is 919 g/mol. The topological polar surface area (TPSA) is 8.17 Å². The van der Waals surface area contributed by atoms with Gasteiger partial charge in [0.25, 0.3) is 0 Å². The third-order valence-corrected chi connectivity index (χ3v) is 18.9. The van der Waals surface area contributed by atoms with Gasteiger partial charge in [0.15, 0.2) is 0 Å². The number of thiophene rings is 1. The molecule has 0 spiro atoms. The summed E-state index contributed by atoms with van der Waals surface area (Å²) in [7, 11) is 0. The van der Waals surface area contributed by atoms with Crippen molar-refractivity contribution in [2.24, 2.45) is 0 Å². The lowest BCUT2D eigenvalue weighted by molar-refractivity contribution is 0.331. The Morgan fingerprint density at radius 1 is 0.522 bits per heavy atom. The first-order valence-corrected chi connectivity index (χ1v) is 26.6. The van der Waals surface area contributed by atoms with Gasteiger partial charge in [0.05, 0.1) is 11.0 Å². The molecule has 0 saturated heterocycles. The maximum absolute atomic E-state index is 2.79. The van der Waals surface area contributed by atoms with Crippen LogP contribution in [0.5, 0.6) is 0 Å². The van der Waals surface area contributed by atoms with Gasteiger partial charge in [0.2, 0.25) is 0 Å². The molecule has 0 fully saturated rings. The van der Waals surface area contributed by atoms with Crippen LogP contribution >= 0.6 is 11.3 Å². The van der Waals surface area contributed by atoms with Crippen LogP contribution in [0.2, 0.25) is 0 Å². The molecule has 2 aromatic heterocycles. The molecule has 0 saturated carbocycles. The van der Waals surface area contributed by atoms with E-state index >= 15 is 0 Å². The number of hydrogen-bond donors (Lipinski definition) is 0. The summed E-state index contributed by atoms with van der Waals surface area (Å²) in [5.74, 6) is 0. The Labute approximate surface area is 414 Å². The molecule has 0 radical (unpaired) electrons. The van der Waals surface area contributed by atoms with Crippen molar-refractivity contribution >= 4 is 82.5 Å². The Bertz CT molecular complexity index is 3750. The number of anilines is 2. The first kappa shape index (κ1) is 43.4. The van der Waals surface area contributed by atoms with Crippen molar-refractivity contribution < 1.29 is 0 Å². The fraction of sp³-hybridized carbons (Fsp3) is 0.354. The van der Waals surface area contributed by atoms with Gasteiger partial charge in [0.1, 0.15) is 0 Å². The number of hydrogen-bond acceptors (Lipinski definition) is 2. The van der Waals surface area contributed by atoms with E-state index in [0.29, 0.717) is 0 Å². The van der Waals surface area contributed by atoms with Gasteiger partial charge >= 0.3 is 6.85 Å². The molecule has 2 nitrogen and oxygen atoms in total. The van der Waals surface area contributed by atoms with E-state index in [2.05, 4.69) is 222 Å². The van der Waals surface area contributed by atoms with Crippen molar-refractivity contribution in [2.75, 3.05) is 4.81 Å². The highest BCUT2D eigenvalue weighted by molar-refractivity contribution is 7.27. The Balaban J connectivity index is 1.24. The lowest BCUT2D eigenvalue weighted by Gasteiger charge is -2.43. The second-order valence-corrected chi connectivity index (χ2v) is 27.5. The molecule has 0 bridgehead atoms. The molecule has 0 N–H and O–H groups in total. The number of nitrogens with zero attached hydrogens (tertiary/aromatic N) is 2. The van der Waals surface area contributed by atoms with E-state index < -0.39 is 0 Å². The van der Waals surface area contributed by atoms with E-state index in [1.54, 1.807) is 5.56 Å². The maximum atomic E-state index is 2.79. The van der Waals surface area contributed by atoms with Gasteiger partial charge in [-0.3, -0.25) is 0 Å². The van der Waals surface area contributed by atoms with Crippen molar-refractivity contribution in [1.29, 1.82) is 0 Å². The summed E-state index contributed by atoms with van der Waals surface area (Å²) >= 11 is 2.00. The molecule has 4 aliphatic rings. The molecule has 2 aliphatic carbocycles. The van der Waals surface area contributed by atoms with Crippen LogP contribution in [-0.4, -0.2) is 11.4 Å². The van der Waals surface area contributed by atoms with Gasteiger partial charge in [0, 0.05) is 59.0 Å². The van der Waals surface area contributed by atoms with Crippen molar-refractivity contribution in [3.05, 3.63) is 148 Å². The average molecular weight is 919 g/mol. The fourth-order valence-corrected chi connectivity index (χ4v) is 14.7. The van der Waals surface area contributed by atoms with Crippen LogP contribution in [0, 0.1) is 0 Å². The van der Waals surface area contributed by atoms with Gasteiger partial charge in [-0.05, 0) is 161 Å². The minimum Gasteiger partial charge on any atom is -0.376 e. The van der Waals surface area contributed by atoms with Crippen LogP contribution in [0.1, 0.15) is 156 Å². The second-order valence-electron chi connectivity index (χ2n) is 26.5. The molecule has 9 aromatic rings. The fourth-order valence-electron chi connectivity index (χ4n) is 13.4. The minimum atomic E-state index is -0.188. The average Bonchev–Trinajstić information content (AvgIpc) is 3.91. The van der Waals surface area contributed by atoms with Gasteiger partial charge in [-0.25, -0.2) is 0 Å². The second kappa shape index (κ2) is 13.4. The quantitative estimate of drug-likeness (QED) is 0.149. The predicted molar refractivity (Wildman–Crippen MR) is 302 cm³/mol. The molecule has 0 atom stereocenters. The lowest BCUT2D eigenvalue weighted by Crippen LogP contribution is -2.60. The van der Waals surface area contributed by atoms with Gasteiger partial charge in [-0.1, -0.05) is 158 Å². The molecular formula is C65H67BN2S. The normalized spacial score (nSPS) is 17.4. The highest BCUT2D eigenvalue weighted by Gasteiger charge is 2.49. The maximum Gasteiger partial charge on any atom is 0.333 e. The summed E-state index contributed by atoms with van der Waals surface area (Å²) in [6, 6.07) is 44.4. The minimum absolute atomic E-state index is 0.00280. The molecule has 0 unspecified atom stereocenters. The SMILES string of the molecule is CC(C)(C)c1ccc(N2B3c4cc(C(C)(C)C)ccc4-n4c5ccc(C(C)(C)C)cc5c5c6sc7ccccc7c6c(c3c54)-c3cc4c(cc32)-c2cc3c(cc2C4(C)C)C(C)(C)CCC3(C)C)cc1. The van der Waals surface area contributed by atoms with Crippen LogP contribution in [0.3, 0.4) is 0 Å². The predicted octanol–water partition coefficient (Wildman–Crippen LogP) is 16.9. The first-order valence-electron chi connectivity index (χ1n) is 25.8. The van der Waals surface area contributed by atoms with E-state index in [9.17, 15) is 0 Å². The number of rotatable bonds is 1. The Kier molecular flexibility index (Phi) is 8.46. The van der Waals surface area contributed by atoms with Crippen LogP contribution in [0.25, 0.3) is 69.9 Å². The molecule has 4 heterocycles. The number of fused-ring (bicyclic) bond motifs is 17. The van der Waals surface area contributed by atoms with Gasteiger partial charge in [-0.2, -0.15) is 0 Å². The van der Waals surface area contributed by atoms with E-state index in [0.717, 1.165) is 0 Å². The summed E-state index contributed by atoms with van der Waals surface area (Å²) in [5.41, 5.74) is 25.0. The third-order valence-electron chi connectivity index (χ3n) is 17.7. The van der Waals surface area contributed by atoms with Crippen molar-refractivity contribution in [2.45, 2.75) is 149 Å². The van der Waals surface area contributed by atoms with Crippen molar-refractivity contribution in [3.8, 4) is 27.9 Å². The van der Waals surface area contributed by atoms with E-state index in [4.69, 9.17) is 0 Å². The Morgan fingerprint density at radius 3 is 1.78 bits per heavy atom. The molecule has 0 amide bonds. The molecule has 13 rings (SSSR count). The zero-order valence-electron chi connectivity index (χ0n) is 43.7. The molecule has 7 aromatic carbocycles. The summed E-state index contributed by atoms with van der Waals surface area (Å²) in [4.78, 5) is 2.79. The highest BCUT2D eigenvalue weighted by Crippen LogP contribution is 2.59. The Hall–Kier alpha value is -5.58. The van der Waals surface area contributed by atoms with Crippen LogP contribution in [0.15, 0.2) is 109 Å². The van der Waals surface area contributed by atoms with E-state index in [-0.39, 0.29) is 39.3 Å². The summed E-state index contributed by atoms with van der Waals surface area (Å²) in [6.45, 7) is 36.0. The highest BCUT2D eigenvalue weighted by atomic mass is 32.1. The molecule has 2 aliphatic heterocycles. The van der Waals surface area contributed by atoms with Crippen LogP contribution < -0.4 is 15.7 Å².